The summed E-state index contributed by atoms with van der Waals surface area (Å²) in [7, 11) is 0. The van der Waals surface area contributed by atoms with Crippen molar-refractivity contribution < 1.29 is 0 Å². The summed E-state index contributed by atoms with van der Waals surface area (Å²) in [5.41, 5.74) is 0. The second-order valence-corrected chi connectivity index (χ2v) is 5.37. The van der Waals surface area contributed by atoms with E-state index in [0.29, 0.717) is 0 Å². The van der Waals surface area contributed by atoms with E-state index in [1.807, 2.05) is 0 Å². The van der Waals surface area contributed by atoms with Crippen LogP contribution >= 0.6 is 0 Å². The van der Waals surface area contributed by atoms with Crippen molar-refractivity contribution in [2.24, 2.45) is 5.92 Å². The first kappa shape index (κ1) is 11.4. The maximum atomic E-state index is 3.64. The lowest BCUT2D eigenvalue weighted by molar-refractivity contribution is 0.0782. The maximum Gasteiger partial charge on any atom is 0.0195 e. The molecule has 2 heteroatoms. The lowest BCUT2D eigenvalue weighted by Crippen LogP contribution is -2.55. The monoisotopic (exact) mass is 210 g/mol. The predicted molar refractivity (Wildman–Crippen MR) is 65.1 cm³/mol. The molecule has 2 aliphatic rings. The molecule has 2 fully saturated rings. The molecule has 0 radical (unpaired) electrons. The van der Waals surface area contributed by atoms with Crippen LogP contribution in [0.15, 0.2) is 0 Å². The van der Waals surface area contributed by atoms with E-state index in [4.69, 9.17) is 0 Å². The summed E-state index contributed by atoms with van der Waals surface area (Å²) in [6.07, 6.45) is 7.07. The minimum absolute atomic E-state index is 0.756. The third kappa shape index (κ3) is 2.73. The van der Waals surface area contributed by atoms with Gasteiger partial charge >= 0.3 is 0 Å². The Morgan fingerprint density at radius 1 is 1.40 bits per heavy atom. The van der Waals surface area contributed by atoms with Gasteiger partial charge < -0.3 is 5.32 Å². The van der Waals surface area contributed by atoms with Crippen molar-refractivity contribution in [1.82, 2.24) is 10.2 Å². The number of nitrogens with one attached hydrogen (secondary N) is 1. The first-order chi connectivity index (χ1) is 7.31. The van der Waals surface area contributed by atoms with Crippen molar-refractivity contribution in [3.63, 3.8) is 0 Å². The zero-order valence-electron chi connectivity index (χ0n) is 10.3. The van der Waals surface area contributed by atoms with Gasteiger partial charge in [0.25, 0.3) is 0 Å². The molecule has 0 bridgehead atoms. The van der Waals surface area contributed by atoms with Gasteiger partial charge in [-0.25, -0.2) is 0 Å². The largest absolute Gasteiger partial charge is 0.311 e. The van der Waals surface area contributed by atoms with E-state index in [1.165, 1.54) is 51.7 Å². The molecule has 1 saturated heterocycles. The molecule has 2 atom stereocenters. The lowest BCUT2D eigenvalue weighted by Gasteiger charge is -2.43. The summed E-state index contributed by atoms with van der Waals surface area (Å²) in [6, 6.07) is 1.59. The van der Waals surface area contributed by atoms with Gasteiger partial charge in [-0.3, -0.25) is 4.90 Å². The minimum atomic E-state index is 0.756. The summed E-state index contributed by atoms with van der Waals surface area (Å²) in [5, 5.41) is 3.64. The van der Waals surface area contributed by atoms with E-state index in [1.54, 1.807) is 0 Å². The van der Waals surface area contributed by atoms with Gasteiger partial charge in [-0.05, 0) is 32.1 Å². The number of hydrogen-bond acceptors (Lipinski definition) is 2. The van der Waals surface area contributed by atoms with Gasteiger partial charge in [0.2, 0.25) is 0 Å². The fourth-order valence-electron chi connectivity index (χ4n) is 2.98. The molecule has 1 aliphatic carbocycles. The normalized spacial score (nSPS) is 31.2. The number of piperazine rings is 1. The molecule has 15 heavy (non-hydrogen) atoms. The van der Waals surface area contributed by atoms with Crippen molar-refractivity contribution in [2.75, 3.05) is 19.6 Å². The highest BCUT2D eigenvalue weighted by molar-refractivity contribution is 4.87. The van der Waals surface area contributed by atoms with Gasteiger partial charge in [0, 0.05) is 31.7 Å². The van der Waals surface area contributed by atoms with Crippen LogP contribution in [0.1, 0.15) is 46.0 Å². The molecule has 1 N–H and O–H groups in total. The summed E-state index contributed by atoms with van der Waals surface area (Å²) in [4.78, 5) is 2.72. The molecule has 2 unspecified atom stereocenters. The lowest BCUT2D eigenvalue weighted by atomic mass is 9.79. The smallest absolute Gasteiger partial charge is 0.0195 e. The van der Waals surface area contributed by atoms with Crippen LogP contribution < -0.4 is 5.32 Å². The molecule has 2 nitrogen and oxygen atoms in total. The van der Waals surface area contributed by atoms with Crippen LogP contribution in [0.25, 0.3) is 0 Å². The predicted octanol–water partition coefficient (Wildman–Crippen LogP) is 2.25. The minimum Gasteiger partial charge on any atom is -0.311 e. The van der Waals surface area contributed by atoms with Crippen LogP contribution in [0, 0.1) is 5.92 Å². The molecule has 88 valence electrons. The van der Waals surface area contributed by atoms with E-state index >= 15 is 0 Å². The van der Waals surface area contributed by atoms with Gasteiger partial charge in [0.15, 0.2) is 0 Å². The van der Waals surface area contributed by atoms with Crippen LogP contribution in [0.5, 0.6) is 0 Å². The average Bonchev–Trinajstić information content (AvgIpc) is 2.16. The van der Waals surface area contributed by atoms with Gasteiger partial charge in [-0.2, -0.15) is 0 Å². The van der Waals surface area contributed by atoms with Crippen molar-refractivity contribution in [1.29, 1.82) is 0 Å². The average molecular weight is 210 g/mol. The molecular formula is C13H26N2. The maximum absolute atomic E-state index is 3.64. The number of rotatable bonds is 4. The topological polar surface area (TPSA) is 15.3 Å². The van der Waals surface area contributed by atoms with Gasteiger partial charge in [-0.15, -0.1) is 0 Å². The van der Waals surface area contributed by atoms with E-state index in [9.17, 15) is 0 Å². The van der Waals surface area contributed by atoms with Crippen LogP contribution in [-0.2, 0) is 0 Å². The molecule has 1 saturated carbocycles. The van der Waals surface area contributed by atoms with Crippen molar-refractivity contribution in [3.05, 3.63) is 0 Å². The highest BCUT2D eigenvalue weighted by Crippen LogP contribution is 2.32. The second-order valence-electron chi connectivity index (χ2n) is 5.37. The molecule has 0 aromatic heterocycles. The first-order valence-corrected chi connectivity index (χ1v) is 6.78. The molecule has 1 heterocycles. The fourth-order valence-corrected chi connectivity index (χ4v) is 2.98. The van der Waals surface area contributed by atoms with Gasteiger partial charge in [-0.1, -0.05) is 19.8 Å². The quantitative estimate of drug-likeness (QED) is 0.765. The van der Waals surface area contributed by atoms with Crippen LogP contribution in [0.4, 0.5) is 0 Å². The third-order valence-electron chi connectivity index (χ3n) is 4.33. The zero-order chi connectivity index (χ0) is 10.7. The Bertz CT molecular complexity index is 187. The van der Waals surface area contributed by atoms with Gasteiger partial charge in [0.05, 0.1) is 0 Å². The molecule has 0 aromatic carbocycles. The Labute approximate surface area is 94.4 Å². The number of hydrogen-bond donors (Lipinski definition) is 1. The van der Waals surface area contributed by atoms with E-state index < -0.39 is 0 Å². The molecule has 0 amide bonds. The van der Waals surface area contributed by atoms with E-state index in [2.05, 4.69) is 24.1 Å². The van der Waals surface area contributed by atoms with Crippen LogP contribution in [0.2, 0.25) is 0 Å². The highest BCUT2D eigenvalue weighted by atomic mass is 15.2. The Morgan fingerprint density at radius 3 is 2.80 bits per heavy atom. The zero-order valence-corrected chi connectivity index (χ0v) is 10.3. The van der Waals surface area contributed by atoms with Crippen LogP contribution in [0.3, 0.4) is 0 Å². The summed E-state index contributed by atoms with van der Waals surface area (Å²) < 4.78 is 0. The van der Waals surface area contributed by atoms with E-state index in [0.717, 1.165) is 18.0 Å². The standard InChI is InChI=1S/C13H26N2/c1-3-5-13-10-15(9-8-14-13)11(2)12-6-4-7-12/h11-14H,3-10H2,1-2H3. The second kappa shape index (κ2) is 5.31. The van der Waals surface area contributed by atoms with E-state index in [-0.39, 0.29) is 0 Å². The van der Waals surface area contributed by atoms with Crippen molar-refractivity contribution in [2.45, 2.75) is 58.0 Å². The molecule has 0 spiro atoms. The van der Waals surface area contributed by atoms with Gasteiger partial charge in [0.1, 0.15) is 0 Å². The summed E-state index contributed by atoms with van der Waals surface area (Å²) in [5.74, 6) is 1.00. The highest BCUT2D eigenvalue weighted by Gasteiger charge is 2.30. The SMILES string of the molecule is CCCC1CN(C(C)C2CCC2)CCN1. The Hall–Kier alpha value is -0.0800. The third-order valence-corrected chi connectivity index (χ3v) is 4.33. The number of nitrogens with zero attached hydrogens (tertiary/aromatic N) is 1. The Morgan fingerprint density at radius 2 is 2.20 bits per heavy atom. The first-order valence-electron chi connectivity index (χ1n) is 6.78. The fraction of sp³-hybridized carbons (Fsp3) is 1.00. The molecule has 1 aliphatic heterocycles. The van der Waals surface area contributed by atoms with Crippen LogP contribution in [-0.4, -0.2) is 36.6 Å². The molecule has 2 rings (SSSR count). The van der Waals surface area contributed by atoms with Crippen molar-refractivity contribution >= 4 is 0 Å². The summed E-state index contributed by atoms with van der Waals surface area (Å²) in [6.45, 7) is 8.47. The molecule has 0 aromatic rings. The Balaban J connectivity index is 1.80. The molecular weight excluding hydrogens is 184 g/mol. The summed E-state index contributed by atoms with van der Waals surface area (Å²) >= 11 is 0. The van der Waals surface area contributed by atoms with Crippen molar-refractivity contribution in [3.8, 4) is 0 Å². The Kier molecular flexibility index (Phi) is 4.04.